The molecule has 0 bridgehead atoms. The molecule has 5 heteroatoms. The normalized spacial score (nSPS) is 9.67. The fraction of sp³-hybridized carbons (Fsp3) is 0. The summed E-state index contributed by atoms with van der Waals surface area (Å²) in [6, 6.07) is 2.53. The van der Waals surface area contributed by atoms with Gasteiger partial charge in [-0.25, -0.2) is 0 Å². The number of nitrogens with two attached hydrogens (primary N) is 2. The highest BCUT2D eigenvalue weighted by Gasteiger charge is 2.12. The predicted molar refractivity (Wildman–Crippen MR) is 42.7 cm³/mol. The van der Waals surface area contributed by atoms with Gasteiger partial charge in [0.1, 0.15) is 0 Å². The van der Waals surface area contributed by atoms with Crippen LogP contribution in [-0.4, -0.2) is 16.1 Å². The Morgan fingerprint density at radius 1 is 1.25 bits per heavy atom. The summed E-state index contributed by atoms with van der Waals surface area (Å²) in [4.78, 5) is 10.6. The van der Waals surface area contributed by atoms with Crippen LogP contribution < -0.4 is 11.5 Å². The summed E-state index contributed by atoms with van der Waals surface area (Å²) in [5, 5.41) is 18.2. The highest BCUT2D eigenvalue weighted by molar-refractivity contribution is 5.97. The van der Waals surface area contributed by atoms with Crippen molar-refractivity contribution in [1.29, 1.82) is 0 Å². The predicted octanol–water partition coefficient (Wildman–Crippen LogP) is -0.221. The number of hydrogen-bond donors (Lipinski definition) is 4. The maximum Gasteiger partial charge on any atom is 0.252 e. The minimum absolute atomic E-state index is 0.00231. The molecule has 0 aliphatic rings. The van der Waals surface area contributed by atoms with Gasteiger partial charge in [-0.15, -0.1) is 0 Å². The van der Waals surface area contributed by atoms with Crippen molar-refractivity contribution in [1.82, 2.24) is 0 Å². The number of anilines is 1. The lowest BCUT2D eigenvalue weighted by atomic mass is 10.1. The molecule has 0 fully saturated rings. The van der Waals surface area contributed by atoms with Crippen molar-refractivity contribution in [3.63, 3.8) is 0 Å². The second kappa shape index (κ2) is 2.61. The Bertz CT molecular complexity index is 336. The largest absolute Gasteiger partial charge is 0.504 e. The molecular weight excluding hydrogens is 160 g/mol. The van der Waals surface area contributed by atoms with Crippen LogP contribution in [-0.2, 0) is 0 Å². The van der Waals surface area contributed by atoms with Crippen molar-refractivity contribution in [3.8, 4) is 11.5 Å². The van der Waals surface area contributed by atoms with Gasteiger partial charge in [0.15, 0.2) is 11.5 Å². The van der Waals surface area contributed by atoms with E-state index in [1.165, 1.54) is 12.1 Å². The van der Waals surface area contributed by atoms with Crippen molar-refractivity contribution < 1.29 is 15.0 Å². The maximum absolute atomic E-state index is 10.6. The quantitative estimate of drug-likeness (QED) is 0.343. The molecule has 0 saturated heterocycles. The second-order valence-electron chi connectivity index (χ2n) is 2.26. The van der Waals surface area contributed by atoms with Crippen molar-refractivity contribution in [2.24, 2.45) is 5.73 Å². The first-order chi connectivity index (χ1) is 5.54. The molecule has 12 heavy (non-hydrogen) atoms. The number of amides is 1. The molecule has 5 nitrogen and oxygen atoms in total. The number of phenols is 2. The number of phenolic OH excluding ortho intramolecular Hbond substituents is 1. The minimum Gasteiger partial charge on any atom is -0.504 e. The van der Waals surface area contributed by atoms with Crippen LogP contribution in [0, 0.1) is 0 Å². The molecule has 0 unspecified atom stereocenters. The van der Waals surface area contributed by atoms with Gasteiger partial charge in [-0.05, 0) is 12.1 Å². The zero-order valence-corrected chi connectivity index (χ0v) is 6.11. The van der Waals surface area contributed by atoms with Crippen LogP contribution >= 0.6 is 0 Å². The number of carbonyl (C=O) groups excluding carboxylic acids is 1. The number of primary amides is 1. The van der Waals surface area contributed by atoms with Gasteiger partial charge in [0.05, 0.1) is 11.3 Å². The van der Waals surface area contributed by atoms with Crippen LogP contribution in [0.3, 0.4) is 0 Å². The van der Waals surface area contributed by atoms with E-state index in [0.29, 0.717) is 0 Å². The summed E-state index contributed by atoms with van der Waals surface area (Å²) < 4.78 is 0. The standard InChI is InChI=1S/C7H8N2O3/c8-4-2-1-3(7(9)12)5(10)6(4)11/h1-2,10-11H,8H2,(H2,9,12). The van der Waals surface area contributed by atoms with Gasteiger partial charge in [0.2, 0.25) is 0 Å². The molecule has 0 heterocycles. The summed E-state index contributed by atoms with van der Waals surface area (Å²) in [6.45, 7) is 0. The Morgan fingerprint density at radius 2 is 1.83 bits per heavy atom. The van der Waals surface area contributed by atoms with E-state index >= 15 is 0 Å². The number of hydrogen-bond acceptors (Lipinski definition) is 4. The topological polar surface area (TPSA) is 110 Å². The lowest BCUT2D eigenvalue weighted by molar-refractivity contribution is 0.0997. The number of nitrogen functional groups attached to an aromatic ring is 1. The summed E-state index contributed by atoms with van der Waals surface area (Å²) in [5.41, 5.74) is 9.96. The van der Waals surface area contributed by atoms with Gasteiger partial charge < -0.3 is 21.7 Å². The molecule has 1 aromatic carbocycles. The SMILES string of the molecule is NC(=O)c1ccc(N)c(O)c1O. The molecule has 0 atom stereocenters. The first-order valence-corrected chi connectivity index (χ1v) is 3.14. The van der Waals surface area contributed by atoms with Crippen LogP contribution in [0.2, 0.25) is 0 Å². The monoisotopic (exact) mass is 168 g/mol. The van der Waals surface area contributed by atoms with Crippen molar-refractivity contribution in [2.45, 2.75) is 0 Å². The van der Waals surface area contributed by atoms with Crippen LogP contribution in [0.1, 0.15) is 10.4 Å². The molecule has 0 radical (unpaired) electrons. The number of rotatable bonds is 1. The summed E-state index contributed by atoms with van der Waals surface area (Å²) >= 11 is 0. The van der Waals surface area contributed by atoms with Crippen molar-refractivity contribution >= 4 is 11.6 Å². The zero-order valence-electron chi connectivity index (χ0n) is 6.11. The Hall–Kier alpha value is -1.91. The van der Waals surface area contributed by atoms with Crippen molar-refractivity contribution in [3.05, 3.63) is 17.7 Å². The Balaban J connectivity index is 3.36. The fourth-order valence-corrected chi connectivity index (χ4v) is 0.794. The Morgan fingerprint density at radius 3 is 2.33 bits per heavy atom. The van der Waals surface area contributed by atoms with Gasteiger partial charge >= 0.3 is 0 Å². The first-order valence-electron chi connectivity index (χ1n) is 3.14. The van der Waals surface area contributed by atoms with Gasteiger partial charge in [0.25, 0.3) is 5.91 Å². The third-order valence-corrected chi connectivity index (χ3v) is 1.45. The van der Waals surface area contributed by atoms with E-state index < -0.39 is 17.4 Å². The molecule has 0 aliphatic carbocycles. The summed E-state index contributed by atoms with van der Waals surface area (Å²) in [5.74, 6) is -1.92. The van der Waals surface area contributed by atoms with E-state index in [9.17, 15) is 4.79 Å². The van der Waals surface area contributed by atoms with Gasteiger partial charge in [-0.1, -0.05) is 0 Å². The van der Waals surface area contributed by atoms with Crippen molar-refractivity contribution in [2.75, 3.05) is 5.73 Å². The van der Waals surface area contributed by atoms with E-state index in [4.69, 9.17) is 21.7 Å². The summed E-state index contributed by atoms with van der Waals surface area (Å²) in [6.07, 6.45) is 0. The van der Waals surface area contributed by atoms with E-state index in [0.717, 1.165) is 0 Å². The number of aromatic hydroxyl groups is 2. The van der Waals surface area contributed by atoms with Gasteiger partial charge in [-0.2, -0.15) is 0 Å². The number of carbonyl (C=O) groups is 1. The van der Waals surface area contributed by atoms with Crippen LogP contribution in [0.15, 0.2) is 12.1 Å². The van der Waals surface area contributed by atoms with E-state index in [1.807, 2.05) is 0 Å². The molecule has 1 aromatic rings. The molecule has 1 amide bonds. The summed E-state index contributed by atoms with van der Waals surface area (Å²) in [7, 11) is 0. The fourth-order valence-electron chi connectivity index (χ4n) is 0.794. The highest BCUT2D eigenvalue weighted by Crippen LogP contribution is 2.33. The maximum atomic E-state index is 10.6. The molecule has 1 rings (SSSR count). The van der Waals surface area contributed by atoms with E-state index in [2.05, 4.69) is 0 Å². The lowest BCUT2D eigenvalue weighted by Gasteiger charge is -2.04. The molecular formula is C7H8N2O3. The second-order valence-corrected chi connectivity index (χ2v) is 2.26. The molecule has 0 saturated carbocycles. The third-order valence-electron chi connectivity index (χ3n) is 1.45. The van der Waals surface area contributed by atoms with Crippen LogP contribution in [0.5, 0.6) is 11.5 Å². The zero-order chi connectivity index (χ0) is 9.30. The third kappa shape index (κ3) is 1.12. The minimum atomic E-state index is -0.817. The van der Waals surface area contributed by atoms with E-state index in [1.54, 1.807) is 0 Å². The first kappa shape index (κ1) is 8.19. The molecule has 6 N–H and O–H groups in total. The smallest absolute Gasteiger partial charge is 0.252 e. The molecule has 0 aliphatic heterocycles. The average Bonchev–Trinajstić information content (AvgIpc) is 2.00. The Kier molecular flexibility index (Phi) is 1.78. The van der Waals surface area contributed by atoms with Gasteiger partial charge in [-0.3, -0.25) is 4.79 Å². The average molecular weight is 168 g/mol. The molecule has 0 aromatic heterocycles. The van der Waals surface area contributed by atoms with Gasteiger partial charge in [0, 0.05) is 0 Å². The Labute approximate surface area is 68.2 Å². The van der Waals surface area contributed by atoms with Crippen LogP contribution in [0.25, 0.3) is 0 Å². The van der Waals surface area contributed by atoms with E-state index in [-0.39, 0.29) is 11.3 Å². The lowest BCUT2D eigenvalue weighted by Crippen LogP contribution is -2.11. The molecule has 64 valence electrons. The highest BCUT2D eigenvalue weighted by atomic mass is 16.3. The van der Waals surface area contributed by atoms with Crippen LogP contribution in [0.4, 0.5) is 5.69 Å². The molecule has 0 spiro atoms. The number of benzene rings is 1.